The fourth-order valence-corrected chi connectivity index (χ4v) is 1.73. The van der Waals surface area contributed by atoms with E-state index in [0.29, 0.717) is 11.6 Å². The van der Waals surface area contributed by atoms with Gasteiger partial charge in [-0.2, -0.15) is 0 Å². The lowest BCUT2D eigenvalue weighted by Crippen LogP contribution is -1.99. The molecule has 0 spiro atoms. The minimum atomic E-state index is 0.502. The van der Waals surface area contributed by atoms with Crippen molar-refractivity contribution >= 4 is 28.2 Å². The number of nitrogens with zero attached hydrogens (tertiary/aromatic N) is 3. The van der Waals surface area contributed by atoms with Crippen LogP contribution in [-0.4, -0.2) is 15.0 Å². The van der Waals surface area contributed by atoms with Crippen molar-refractivity contribution in [1.29, 1.82) is 0 Å². The van der Waals surface area contributed by atoms with E-state index >= 15 is 0 Å². The van der Waals surface area contributed by atoms with E-state index in [4.69, 9.17) is 5.73 Å². The van der Waals surface area contributed by atoms with Crippen LogP contribution in [0.5, 0.6) is 0 Å². The summed E-state index contributed by atoms with van der Waals surface area (Å²) in [6.07, 6.45) is 4.89. The largest absolute Gasteiger partial charge is 0.396 e. The maximum absolute atomic E-state index is 5.55. The van der Waals surface area contributed by atoms with E-state index in [1.165, 1.54) is 0 Å². The summed E-state index contributed by atoms with van der Waals surface area (Å²) in [4.78, 5) is 12.6. The van der Waals surface area contributed by atoms with Gasteiger partial charge in [0.2, 0.25) is 5.95 Å². The lowest BCUT2D eigenvalue weighted by Gasteiger charge is -2.07. The highest BCUT2D eigenvalue weighted by atomic mass is 15.1. The number of nitrogens with one attached hydrogen (secondary N) is 1. The molecule has 18 heavy (non-hydrogen) atoms. The van der Waals surface area contributed by atoms with Crippen LogP contribution in [0.1, 0.15) is 0 Å². The molecule has 5 heteroatoms. The Morgan fingerprint density at radius 1 is 0.944 bits per heavy atom. The number of aromatic nitrogens is 3. The van der Waals surface area contributed by atoms with E-state index in [9.17, 15) is 0 Å². The van der Waals surface area contributed by atoms with Crippen LogP contribution in [0.25, 0.3) is 10.9 Å². The average molecular weight is 237 g/mol. The fourth-order valence-electron chi connectivity index (χ4n) is 1.73. The van der Waals surface area contributed by atoms with E-state index in [0.717, 1.165) is 16.6 Å². The van der Waals surface area contributed by atoms with Gasteiger partial charge >= 0.3 is 0 Å². The van der Waals surface area contributed by atoms with Gasteiger partial charge in [-0.15, -0.1) is 0 Å². The van der Waals surface area contributed by atoms with Gasteiger partial charge in [-0.05, 0) is 12.1 Å². The Hall–Kier alpha value is -2.69. The van der Waals surface area contributed by atoms with Crippen molar-refractivity contribution in [3.8, 4) is 0 Å². The van der Waals surface area contributed by atoms with Crippen molar-refractivity contribution in [2.75, 3.05) is 11.1 Å². The van der Waals surface area contributed by atoms with Crippen LogP contribution in [0.4, 0.5) is 17.3 Å². The Morgan fingerprint density at radius 3 is 2.56 bits per heavy atom. The van der Waals surface area contributed by atoms with Crippen LogP contribution < -0.4 is 11.1 Å². The molecular weight excluding hydrogens is 226 g/mol. The van der Waals surface area contributed by atoms with Crippen molar-refractivity contribution in [2.24, 2.45) is 0 Å². The molecule has 0 amide bonds. The van der Waals surface area contributed by atoms with Crippen LogP contribution in [-0.2, 0) is 0 Å². The number of nitrogen functional groups attached to an aromatic ring is 1. The molecule has 0 aliphatic rings. The Morgan fingerprint density at radius 2 is 1.72 bits per heavy atom. The molecule has 0 saturated carbocycles. The first-order valence-electron chi connectivity index (χ1n) is 5.51. The molecule has 1 aromatic carbocycles. The molecule has 2 heterocycles. The molecule has 2 aromatic heterocycles. The minimum absolute atomic E-state index is 0.502. The zero-order valence-electron chi connectivity index (χ0n) is 9.54. The van der Waals surface area contributed by atoms with Crippen molar-refractivity contribution in [1.82, 2.24) is 15.0 Å². The van der Waals surface area contributed by atoms with Crippen LogP contribution >= 0.6 is 0 Å². The first-order chi connectivity index (χ1) is 8.83. The molecule has 0 aliphatic carbocycles. The lowest BCUT2D eigenvalue weighted by molar-refractivity contribution is 1.17. The molecule has 88 valence electrons. The van der Waals surface area contributed by atoms with Crippen molar-refractivity contribution in [2.45, 2.75) is 0 Å². The number of pyridine rings is 1. The summed E-state index contributed by atoms with van der Waals surface area (Å²) in [6.45, 7) is 0. The first-order valence-corrected chi connectivity index (χ1v) is 5.51. The van der Waals surface area contributed by atoms with Crippen LogP contribution in [0.2, 0.25) is 0 Å². The van der Waals surface area contributed by atoms with E-state index in [1.54, 1.807) is 18.6 Å². The highest BCUT2D eigenvalue weighted by Crippen LogP contribution is 2.22. The highest BCUT2D eigenvalue weighted by Gasteiger charge is 2.03. The van der Waals surface area contributed by atoms with Gasteiger partial charge in [-0.3, -0.25) is 4.98 Å². The summed E-state index contributed by atoms with van der Waals surface area (Å²) >= 11 is 0. The third-order valence-electron chi connectivity index (χ3n) is 2.55. The molecule has 0 saturated heterocycles. The van der Waals surface area contributed by atoms with E-state index in [2.05, 4.69) is 20.3 Å². The van der Waals surface area contributed by atoms with Crippen LogP contribution in [0.3, 0.4) is 0 Å². The molecule has 0 unspecified atom stereocenters. The number of hydrogen-bond donors (Lipinski definition) is 2. The van der Waals surface area contributed by atoms with Crippen molar-refractivity contribution < 1.29 is 0 Å². The molecule has 5 nitrogen and oxygen atoms in total. The number of benzene rings is 1. The number of para-hydroxylation sites is 1. The monoisotopic (exact) mass is 237 g/mol. The number of nitrogens with two attached hydrogens (primary N) is 1. The van der Waals surface area contributed by atoms with Gasteiger partial charge in [0.05, 0.1) is 29.3 Å². The second-order valence-corrected chi connectivity index (χ2v) is 3.85. The van der Waals surface area contributed by atoms with Gasteiger partial charge in [0.1, 0.15) is 0 Å². The summed E-state index contributed by atoms with van der Waals surface area (Å²) in [6, 6.07) is 9.83. The zero-order valence-corrected chi connectivity index (χ0v) is 9.54. The molecule has 0 radical (unpaired) electrons. The lowest BCUT2D eigenvalue weighted by atomic mass is 10.2. The highest BCUT2D eigenvalue weighted by molar-refractivity contribution is 5.91. The summed E-state index contributed by atoms with van der Waals surface area (Å²) < 4.78 is 0. The predicted molar refractivity (Wildman–Crippen MR) is 71.5 cm³/mol. The third-order valence-corrected chi connectivity index (χ3v) is 2.55. The Kier molecular flexibility index (Phi) is 2.49. The molecular formula is C13H11N5. The van der Waals surface area contributed by atoms with E-state index < -0.39 is 0 Å². The van der Waals surface area contributed by atoms with Gasteiger partial charge < -0.3 is 11.1 Å². The summed E-state index contributed by atoms with van der Waals surface area (Å²) in [5.74, 6) is 0.502. The average Bonchev–Trinajstić information content (AvgIpc) is 2.42. The second-order valence-electron chi connectivity index (χ2n) is 3.85. The van der Waals surface area contributed by atoms with Gasteiger partial charge in [0.25, 0.3) is 0 Å². The predicted octanol–water partition coefficient (Wildman–Crippen LogP) is 2.35. The van der Waals surface area contributed by atoms with Gasteiger partial charge in [0, 0.05) is 11.6 Å². The maximum atomic E-state index is 5.55. The summed E-state index contributed by atoms with van der Waals surface area (Å²) in [5.41, 5.74) is 7.85. The van der Waals surface area contributed by atoms with Crippen LogP contribution in [0.15, 0.2) is 48.9 Å². The Balaban J connectivity index is 2.02. The quantitative estimate of drug-likeness (QED) is 0.715. The topological polar surface area (TPSA) is 76.7 Å². The van der Waals surface area contributed by atoms with Crippen molar-refractivity contribution in [3.63, 3.8) is 0 Å². The fraction of sp³-hybridized carbons (Fsp3) is 0. The van der Waals surface area contributed by atoms with Crippen molar-refractivity contribution in [3.05, 3.63) is 48.9 Å². The summed E-state index contributed by atoms with van der Waals surface area (Å²) in [7, 11) is 0. The molecule has 0 fully saturated rings. The van der Waals surface area contributed by atoms with E-state index in [-0.39, 0.29) is 0 Å². The van der Waals surface area contributed by atoms with Gasteiger partial charge in [-0.1, -0.05) is 18.2 Å². The zero-order chi connectivity index (χ0) is 12.4. The molecule has 3 rings (SSSR count). The minimum Gasteiger partial charge on any atom is -0.396 e. The molecule has 3 N–H and O–H groups in total. The summed E-state index contributed by atoms with van der Waals surface area (Å²) in [5, 5.41) is 4.20. The molecule has 0 atom stereocenters. The van der Waals surface area contributed by atoms with Gasteiger partial charge in [-0.25, -0.2) is 9.97 Å². The standard InChI is InChI=1S/C13H11N5/c14-10-7-16-13(17-8-10)18-11-5-1-3-9-4-2-6-15-12(9)11/h1-8H,14H2,(H,16,17,18). The third kappa shape index (κ3) is 1.93. The molecule has 3 aromatic rings. The molecule has 0 aliphatic heterocycles. The second kappa shape index (κ2) is 4.29. The van der Waals surface area contributed by atoms with Gasteiger partial charge in [0.15, 0.2) is 0 Å². The first kappa shape index (κ1) is 10.5. The smallest absolute Gasteiger partial charge is 0.227 e. The Labute approximate surface area is 104 Å². The Bertz CT molecular complexity index is 673. The number of hydrogen-bond acceptors (Lipinski definition) is 5. The number of rotatable bonds is 2. The number of fused-ring (bicyclic) bond motifs is 1. The van der Waals surface area contributed by atoms with E-state index in [1.807, 2.05) is 30.3 Å². The maximum Gasteiger partial charge on any atom is 0.227 e. The normalized spacial score (nSPS) is 10.4. The SMILES string of the molecule is Nc1cnc(Nc2cccc3cccnc23)nc1. The molecule has 0 bridgehead atoms. The van der Waals surface area contributed by atoms with Crippen LogP contribution in [0, 0.1) is 0 Å². The number of anilines is 3.